The van der Waals surface area contributed by atoms with Crippen LogP contribution >= 0.6 is 0 Å². The number of carbonyl (C=O) groups is 1. The number of methoxy groups -OCH3 is 1. The van der Waals surface area contributed by atoms with Crippen molar-refractivity contribution in [3.8, 4) is 0 Å². The zero-order valence-corrected chi connectivity index (χ0v) is 18.5. The Balaban J connectivity index is 1.49. The summed E-state index contributed by atoms with van der Waals surface area (Å²) in [5.41, 5.74) is 4.64. The summed E-state index contributed by atoms with van der Waals surface area (Å²) in [6.45, 7) is 1.26. The summed E-state index contributed by atoms with van der Waals surface area (Å²) in [6.07, 6.45) is 2.55. The molecule has 0 aliphatic heterocycles. The van der Waals surface area contributed by atoms with Crippen LogP contribution in [0.1, 0.15) is 27.8 Å². The lowest BCUT2D eigenvalue weighted by molar-refractivity contribution is 0.0936. The van der Waals surface area contributed by atoms with Gasteiger partial charge in [0.1, 0.15) is 5.82 Å². The van der Waals surface area contributed by atoms with Crippen molar-refractivity contribution in [3.05, 3.63) is 102 Å². The van der Waals surface area contributed by atoms with E-state index >= 15 is 0 Å². The summed E-state index contributed by atoms with van der Waals surface area (Å²) in [5, 5.41) is 4.17. The fraction of sp³-hybridized carbons (Fsp3) is 0.185. The van der Waals surface area contributed by atoms with E-state index in [4.69, 9.17) is 9.72 Å². The number of hydrogen-bond donors (Lipinski definition) is 2. The fourth-order valence-electron chi connectivity index (χ4n) is 4.24. The SMILES string of the molecule is COCCn1cc(C(=O)NC(Cc2ccccc2)c2nc3ccccc3[nH]2)c2ccccc21. The second-order valence-electron chi connectivity index (χ2n) is 8.10. The van der Waals surface area contributed by atoms with Crippen LogP contribution in [0, 0.1) is 0 Å². The molecule has 0 bridgehead atoms. The number of aromatic nitrogens is 3. The second kappa shape index (κ2) is 9.30. The topological polar surface area (TPSA) is 71.9 Å². The number of hydrogen-bond acceptors (Lipinski definition) is 3. The molecule has 3 aromatic carbocycles. The predicted octanol–water partition coefficient (Wildman–Crippen LogP) is 4.88. The quantitative estimate of drug-likeness (QED) is 0.363. The fourth-order valence-corrected chi connectivity index (χ4v) is 4.24. The average Bonchev–Trinajstić information content (AvgIpc) is 3.45. The zero-order valence-electron chi connectivity index (χ0n) is 18.5. The summed E-state index contributed by atoms with van der Waals surface area (Å²) < 4.78 is 7.32. The molecule has 0 spiro atoms. The van der Waals surface area contributed by atoms with E-state index in [1.807, 2.05) is 72.9 Å². The normalized spacial score (nSPS) is 12.3. The first kappa shape index (κ1) is 21.0. The largest absolute Gasteiger partial charge is 0.383 e. The van der Waals surface area contributed by atoms with Crippen molar-refractivity contribution in [2.75, 3.05) is 13.7 Å². The van der Waals surface area contributed by atoms with Gasteiger partial charge in [0.15, 0.2) is 0 Å². The maximum Gasteiger partial charge on any atom is 0.254 e. The van der Waals surface area contributed by atoms with Gasteiger partial charge in [-0.2, -0.15) is 0 Å². The second-order valence-corrected chi connectivity index (χ2v) is 8.10. The lowest BCUT2D eigenvalue weighted by Gasteiger charge is -2.17. The molecule has 0 radical (unpaired) electrons. The molecule has 0 fully saturated rings. The maximum absolute atomic E-state index is 13.5. The van der Waals surface area contributed by atoms with E-state index in [2.05, 4.69) is 27.0 Å². The first-order chi connectivity index (χ1) is 16.2. The van der Waals surface area contributed by atoms with Crippen molar-refractivity contribution in [1.82, 2.24) is 19.9 Å². The van der Waals surface area contributed by atoms with Gasteiger partial charge in [-0.25, -0.2) is 4.98 Å². The molecular formula is C27H26N4O2. The molecular weight excluding hydrogens is 412 g/mol. The molecule has 166 valence electrons. The molecule has 2 heterocycles. The molecule has 2 N–H and O–H groups in total. The Morgan fingerprint density at radius 1 is 1.03 bits per heavy atom. The maximum atomic E-state index is 13.5. The van der Waals surface area contributed by atoms with Crippen LogP contribution in [-0.2, 0) is 17.7 Å². The highest BCUT2D eigenvalue weighted by Gasteiger charge is 2.22. The number of fused-ring (bicyclic) bond motifs is 2. The first-order valence-electron chi connectivity index (χ1n) is 11.1. The summed E-state index contributed by atoms with van der Waals surface area (Å²) in [4.78, 5) is 21.7. The molecule has 5 aromatic rings. The number of benzene rings is 3. The van der Waals surface area contributed by atoms with Crippen LogP contribution < -0.4 is 5.32 Å². The van der Waals surface area contributed by atoms with E-state index in [0.29, 0.717) is 25.1 Å². The molecule has 0 aliphatic rings. The summed E-state index contributed by atoms with van der Waals surface area (Å²) in [6, 6.07) is 25.7. The smallest absolute Gasteiger partial charge is 0.254 e. The van der Waals surface area contributed by atoms with E-state index in [-0.39, 0.29) is 11.9 Å². The number of rotatable bonds is 8. The van der Waals surface area contributed by atoms with Crippen molar-refractivity contribution in [1.29, 1.82) is 0 Å². The van der Waals surface area contributed by atoms with Gasteiger partial charge < -0.3 is 19.6 Å². The molecule has 1 unspecified atom stereocenters. The van der Waals surface area contributed by atoms with Crippen molar-refractivity contribution < 1.29 is 9.53 Å². The van der Waals surface area contributed by atoms with Gasteiger partial charge in [0.25, 0.3) is 5.91 Å². The average molecular weight is 439 g/mol. The number of carbonyl (C=O) groups excluding carboxylic acids is 1. The molecule has 33 heavy (non-hydrogen) atoms. The minimum Gasteiger partial charge on any atom is -0.383 e. The third-order valence-electron chi connectivity index (χ3n) is 5.90. The zero-order chi connectivity index (χ0) is 22.6. The van der Waals surface area contributed by atoms with Crippen LogP contribution in [0.25, 0.3) is 21.9 Å². The summed E-state index contributed by atoms with van der Waals surface area (Å²) >= 11 is 0. The highest BCUT2D eigenvalue weighted by atomic mass is 16.5. The van der Waals surface area contributed by atoms with Crippen molar-refractivity contribution >= 4 is 27.8 Å². The number of nitrogens with one attached hydrogen (secondary N) is 2. The molecule has 5 rings (SSSR count). The summed E-state index contributed by atoms with van der Waals surface area (Å²) in [7, 11) is 1.68. The molecule has 6 nitrogen and oxygen atoms in total. The lowest BCUT2D eigenvalue weighted by atomic mass is 10.0. The van der Waals surface area contributed by atoms with E-state index in [1.54, 1.807) is 7.11 Å². The molecule has 0 saturated heterocycles. The Morgan fingerprint density at radius 3 is 2.61 bits per heavy atom. The third kappa shape index (κ3) is 4.38. The van der Waals surface area contributed by atoms with Crippen LogP contribution in [0.3, 0.4) is 0 Å². The van der Waals surface area contributed by atoms with Crippen LogP contribution in [0.4, 0.5) is 0 Å². The summed E-state index contributed by atoms with van der Waals surface area (Å²) in [5.74, 6) is 0.625. The van der Waals surface area contributed by atoms with Gasteiger partial charge >= 0.3 is 0 Å². The monoisotopic (exact) mass is 438 g/mol. The number of imidazole rings is 1. The Bertz CT molecular complexity index is 1350. The molecule has 0 saturated carbocycles. The minimum atomic E-state index is -0.298. The van der Waals surface area contributed by atoms with Gasteiger partial charge in [0.2, 0.25) is 0 Å². The van der Waals surface area contributed by atoms with Gasteiger partial charge in [-0.1, -0.05) is 60.7 Å². The Hall–Kier alpha value is -3.90. The van der Waals surface area contributed by atoms with Gasteiger partial charge in [-0.15, -0.1) is 0 Å². The van der Waals surface area contributed by atoms with Crippen LogP contribution in [-0.4, -0.2) is 34.2 Å². The number of para-hydroxylation sites is 3. The van der Waals surface area contributed by atoms with Crippen molar-refractivity contribution in [2.24, 2.45) is 0 Å². The number of H-pyrrole nitrogens is 1. The molecule has 1 amide bonds. The van der Waals surface area contributed by atoms with E-state index < -0.39 is 0 Å². The van der Waals surface area contributed by atoms with E-state index in [0.717, 1.165) is 33.3 Å². The Morgan fingerprint density at radius 2 is 1.79 bits per heavy atom. The standard InChI is InChI=1S/C27H26N4O2/c1-33-16-15-31-18-21(20-11-5-8-14-25(20)31)27(32)30-24(17-19-9-3-2-4-10-19)26-28-22-12-6-7-13-23(22)29-26/h2-14,18,24H,15-17H2,1H3,(H,28,29)(H,30,32). The Labute approximate surface area is 192 Å². The van der Waals surface area contributed by atoms with Crippen LogP contribution in [0.5, 0.6) is 0 Å². The van der Waals surface area contributed by atoms with Crippen LogP contribution in [0.15, 0.2) is 85.1 Å². The van der Waals surface area contributed by atoms with E-state index in [9.17, 15) is 4.79 Å². The number of ether oxygens (including phenoxy) is 1. The number of nitrogens with zero attached hydrogens (tertiary/aromatic N) is 2. The molecule has 6 heteroatoms. The van der Waals surface area contributed by atoms with Crippen molar-refractivity contribution in [3.63, 3.8) is 0 Å². The first-order valence-corrected chi connectivity index (χ1v) is 11.1. The molecule has 1 atom stereocenters. The lowest BCUT2D eigenvalue weighted by Crippen LogP contribution is -2.30. The van der Waals surface area contributed by atoms with Gasteiger partial charge in [-0.05, 0) is 30.2 Å². The third-order valence-corrected chi connectivity index (χ3v) is 5.90. The number of amides is 1. The van der Waals surface area contributed by atoms with Gasteiger partial charge in [0, 0.05) is 30.8 Å². The van der Waals surface area contributed by atoms with Gasteiger partial charge in [0.05, 0.1) is 29.2 Å². The highest BCUT2D eigenvalue weighted by Crippen LogP contribution is 2.24. The Kier molecular flexibility index (Phi) is 5.91. The number of aromatic amines is 1. The van der Waals surface area contributed by atoms with Gasteiger partial charge in [-0.3, -0.25) is 4.79 Å². The van der Waals surface area contributed by atoms with E-state index in [1.165, 1.54) is 0 Å². The van der Waals surface area contributed by atoms with Crippen molar-refractivity contribution in [2.45, 2.75) is 19.0 Å². The molecule has 2 aromatic heterocycles. The minimum absolute atomic E-state index is 0.122. The highest BCUT2D eigenvalue weighted by molar-refractivity contribution is 6.07. The van der Waals surface area contributed by atoms with Crippen LogP contribution in [0.2, 0.25) is 0 Å². The predicted molar refractivity (Wildman–Crippen MR) is 130 cm³/mol. The molecule has 0 aliphatic carbocycles.